The smallest absolute Gasteiger partial charge is 0.314 e. The second-order valence-corrected chi connectivity index (χ2v) is 4.22. The molecule has 0 heterocycles. The van der Waals surface area contributed by atoms with Crippen LogP contribution in [0.1, 0.15) is 12.0 Å². The summed E-state index contributed by atoms with van der Waals surface area (Å²) < 4.78 is 12.8. The number of benzene rings is 1. The van der Waals surface area contributed by atoms with Crippen LogP contribution in [0.2, 0.25) is 5.02 Å². The van der Waals surface area contributed by atoms with Gasteiger partial charge < -0.3 is 15.7 Å². The van der Waals surface area contributed by atoms with Crippen molar-refractivity contribution < 1.29 is 19.1 Å². The average molecular weight is 289 g/mol. The quantitative estimate of drug-likeness (QED) is 0.747. The van der Waals surface area contributed by atoms with Crippen molar-refractivity contribution in [3.05, 3.63) is 34.6 Å². The summed E-state index contributed by atoms with van der Waals surface area (Å²) in [4.78, 5) is 21.5. The van der Waals surface area contributed by atoms with Crippen LogP contribution in [0.4, 0.5) is 9.18 Å². The first-order valence-corrected chi connectivity index (χ1v) is 6.04. The maximum atomic E-state index is 12.8. The van der Waals surface area contributed by atoms with Gasteiger partial charge in [0, 0.05) is 18.1 Å². The lowest BCUT2D eigenvalue weighted by Crippen LogP contribution is -2.37. The number of rotatable bonds is 6. The van der Waals surface area contributed by atoms with E-state index in [1.54, 1.807) is 6.07 Å². The minimum Gasteiger partial charge on any atom is -0.481 e. The maximum absolute atomic E-state index is 12.8. The van der Waals surface area contributed by atoms with Crippen LogP contribution in [0.25, 0.3) is 0 Å². The summed E-state index contributed by atoms with van der Waals surface area (Å²) in [6.45, 7) is 0.392. The van der Waals surface area contributed by atoms with Crippen molar-refractivity contribution in [1.29, 1.82) is 0 Å². The topological polar surface area (TPSA) is 78.4 Å². The summed E-state index contributed by atoms with van der Waals surface area (Å²) in [5, 5.41) is 13.7. The Balaban J connectivity index is 2.26. The predicted octanol–water partition coefficient (Wildman–Crippen LogP) is 1.80. The van der Waals surface area contributed by atoms with E-state index in [9.17, 15) is 14.0 Å². The Kier molecular flexibility index (Phi) is 6.08. The number of carboxylic acid groups (broad SMARTS) is 1. The Bertz CT molecular complexity index is 468. The van der Waals surface area contributed by atoms with E-state index in [0.717, 1.165) is 5.56 Å². The van der Waals surface area contributed by atoms with Gasteiger partial charge >= 0.3 is 12.0 Å². The molecule has 0 saturated carbocycles. The highest BCUT2D eigenvalue weighted by Gasteiger charge is 2.04. The Morgan fingerprint density at radius 2 is 1.95 bits per heavy atom. The molecule has 3 N–H and O–H groups in total. The third-order valence-electron chi connectivity index (χ3n) is 2.32. The lowest BCUT2D eigenvalue weighted by atomic mass is 10.1. The first-order chi connectivity index (χ1) is 8.99. The van der Waals surface area contributed by atoms with E-state index < -0.39 is 17.8 Å². The average Bonchev–Trinajstić information content (AvgIpc) is 2.31. The van der Waals surface area contributed by atoms with Crippen LogP contribution in [-0.4, -0.2) is 30.2 Å². The molecular formula is C12H14ClFN2O3. The summed E-state index contributed by atoms with van der Waals surface area (Å²) in [7, 11) is 0. The number of hydrogen-bond acceptors (Lipinski definition) is 2. The second-order valence-electron chi connectivity index (χ2n) is 3.81. The molecule has 1 rings (SSSR count). The van der Waals surface area contributed by atoms with Crippen molar-refractivity contribution in [2.75, 3.05) is 13.1 Å². The van der Waals surface area contributed by atoms with Crippen molar-refractivity contribution in [3.8, 4) is 0 Å². The normalized spacial score (nSPS) is 10.0. The molecule has 2 amide bonds. The van der Waals surface area contributed by atoms with E-state index in [1.807, 2.05) is 0 Å². The van der Waals surface area contributed by atoms with Crippen molar-refractivity contribution >= 4 is 23.6 Å². The van der Waals surface area contributed by atoms with Gasteiger partial charge in [-0.15, -0.1) is 0 Å². The Labute approximate surface area is 114 Å². The van der Waals surface area contributed by atoms with Gasteiger partial charge in [0.25, 0.3) is 0 Å². The Hall–Kier alpha value is -1.82. The number of carbonyl (C=O) groups is 2. The number of urea groups is 1. The SMILES string of the molecule is O=C(O)CCNC(=O)NCCc1ccc(F)cc1Cl. The molecule has 0 unspecified atom stereocenters. The van der Waals surface area contributed by atoms with Gasteiger partial charge in [-0.25, -0.2) is 9.18 Å². The molecule has 104 valence electrons. The van der Waals surface area contributed by atoms with Crippen LogP contribution in [0, 0.1) is 5.82 Å². The zero-order valence-corrected chi connectivity index (χ0v) is 10.8. The molecule has 0 spiro atoms. The van der Waals surface area contributed by atoms with Gasteiger partial charge in [0.1, 0.15) is 5.82 Å². The highest BCUT2D eigenvalue weighted by atomic mass is 35.5. The van der Waals surface area contributed by atoms with Crippen LogP contribution in [0.5, 0.6) is 0 Å². The Morgan fingerprint density at radius 3 is 2.58 bits per heavy atom. The molecule has 0 fully saturated rings. The predicted molar refractivity (Wildman–Crippen MR) is 68.8 cm³/mol. The minimum atomic E-state index is -0.974. The fourth-order valence-corrected chi connectivity index (χ4v) is 1.64. The van der Waals surface area contributed by atoms with E-state index in [0.29, 0.717) is 18.0 Å². The van der Waals surface area contributed by atoms with E-state index in [1.165, 1.54) is 12.1 Å². The number of amides is 2. The van der Waals surface area contributed by atoms with Crippen LogP contribution < -0.4 is 10.6 Å². The van der Waals surface area contributed by atoms with Gasteiger partial charge in [-0.2, -0.15) is 0 Å². The number of aliphatic carboxylic acids is 1. The molecule has 0 radical (unpaired) electrons. The van der Waals surface area contributed by atoms with E-state index in [4.69, 9.17) is 16.7 Å². The number of carboxylic acids is 1. The molecule has 7 heteroatoms. The molecule has 0 aliphatic rings. The van der Waals surface area contributed by atoms with Crippen LogP contribution >= 0.6 is 11.6 Å². The fourth-order valence-electron chi connectivity index (χ4n) is 1.38. The standard InChI is InChI=1S/C12H14ClFN2O3/c13-10-7-9(14)2-1-8(10)3-5-15-12(19)16-6-4-11(17)18/h1-2,7H,3-6H2,(H,17,18)(H2,15,16,19). The van der Waals surface area contributed by atoms with E-state index in [2.05, 4.69) is 10.6 Å². The fraction of sp³-hybridized carbons (Fsp3) is 0.333. The molecule has 0 saturated heterocycles. The third-order valence-corrected chi connectivity index (χ3v) is 2.67. The zero-order chi connectivity index (χ0) is 14.3. The van der Waals surface area contributed by atoms with E-state index in [-0.39, 0.29) is 13.0 Å². The largest absolute Gasteiger partial charge is 0.481 e. The lowest BCUT2D eigenvalue weighted by Gasteiger charge is -2.07. The number of carbonyl (C=O) groups excluding carboxylic acids is 1. The maximum Gasteiger partial charge on any atom is 0.314 e. The van der Waals surface area contributed by atoms with Crippen molar-refractivity contribution in [3.63, 3.8) is 0 Å². The van der Waals surface area contributed by atoms with Gasteiger partial charge in [-0.05, 0) is 24.1 Å². The van der Waals surface area contributed by atoms with Crippen molar-refractivity contribution in [1.82, 2.24) is 10.6 Å². The van der Waals surface area contributed by atoms with Crippen molar-refractivity contribution in [2.24, 2.45) is 0 Å². The molecule has 0 atom stereocenters. The van der Waals surface area contributed by atoms with Gasteiger partial charge in [-0.3, -0.25) is 4.79 Å². The first-order valence-electron chi connectivity index (χ1n) is 5.66. The van der Waals surface area contributed by atoms with Gasteiger partial charge in [-0.1, -0.05) is 17.7 Å². The first kappa shape index (κ1) is 15.2. The van der Waals surface area contributed by atoms with Crippen LogP contribution in [-0.2, 0) is 11.2 Å². The molecule has 1 aromatic rings. The van der Waals surface area contributed by atoms with E-state index >= 15 is 0 Å². The highest BCUT2D eigenvalue weighted by molar-refractivity contribution is 6.31. The monoisotopic (exact) mass is 288 g/mol. The Morgan fingerprint density at radius 1 is 1.26 bits per heavy atom. The highest BCUT2D eigenvalue weighted by Crippen LogP contribution is 2.17. The van der Waals surface area contributed by atoms with Crippen molar-refractivity contribution in [2.45, 2.75) is 12.8 Å². The summed E-state index contributed by atoms with van der Waals surface area (Å²) in [6, 6.07) is 3.62. The molecule has 0 aliphatic carbocycles. The molecule has 0 aromatic heterocycles. The zero-order valence-electron chi connectivity index (χ0n) is 10.1. The molecule has 5 nitrogen and oxygen atoms in total. The van der Waals surface area contributed by atoms with Crippen LogP contribution in [0.15, 0.2) is 18.2 Å². The summed E-state index contributed by atoms with van der Waals surface area (Å²) >= 11 is 5.83. The summed E-state index contributed by atoms with van der Waals surface area (Å²) in [5.41, 5.74) is 0.730. The lowest BCUT2D eigenvalue weighted by molar-refractivity contribution is -0.136. The molecule has 19 heavy (non-hydrogen) atoms. The number of halogens is 2. The van der Waals surface area contributed by atoms with Gasteiger partial charge in [0.2, 0.25) is 0 Å². The summed E-state index contributed by atoms with van der Waals surface area (Å²) in [5.74, 6) is -1.38. The molecule has 0 aliphatic heterocycles. The number of hydrogen-bond donors (Lipinski definition) is 3. The molecule has 0 bridgehead atoms. The molecule has 1 aromatic carbocycles. The third kappa shape index (κ3) is 6.05. The van der Waals surface area contributed by atoms with Gasteiger partial charge in [0.05, 0.1) is 6.42 Å². The molecular weight excluding hydrogens is 275 g/mol. The van der Waals surface area contributed by atoms with Crippen LogP contribution in [0.3, 0.4) is 0 Å². The second kappa shape index (κ2) is 7.58. The minimum absolute atomic E-state index is 0.0679. The number of nitrogens with one attached hydrogen (secondary N) is 2. The van der Waals surface area contributed by atoms with Gasteiger partial charge in [0.15, 0.2) is 0 Å². The summed E-state index contributed by atoms with van der Waals surface area (Å²) in [6.07, 6.45) is 0.336.